The monoisotopic (exact) mass is 298 g/mol. The van der Waals surface area contributed by atoms with Crippen molar-refractivity contribution in [2.24, 2.45) is 10.8 Å². The Balaban J connectivity index is 1.86. The number of nitrogens with one attached hydrogen (secondary N) is 1. The van der Waals surface area contributed by atoms with Crippen LogP contribution in [0.15, 0.2) is 0 Å². The van der Waals surface area contributed by atoms with Gasteiger partial charge in [0.15, 0.2) is 0 Å². The van der Waals surface area contributed by atoms with Crippen LogP contribution in [0.25, 0.3) is 0 Å². The molecule has 21 heavy (non-hydrogen) atoms. The molecule has 2 aliphatic heterocycles. The molecule has 0 unspecified atom stereocenters. The van der Waals surface area contributed by atoms with E-state index in [1.165, 1.54) is 0 Å². The molecule has 2 fully saturated rings. The van der Waals surface area contributed by atoms with Gasteiger partial charge in [0.25, 0.3) is 0 Å². The third-order valence-corrected chi connectivity index (χ3v) is 4.89. The average Bonchev–Trinajstić information content (AvgIpc) is 2.45. The van der Waals surface area contributed by atoms with Crippen molar-refractivity contribution in [3.05, 3.63) is 0 Å². The van der Waals surface area contributed by atoms with Crippen molar-refractivity contribution in [2.75, 3.05) is 32.8 Å². The Bertz CT molecular complexity index is 392. The molecular formula is C15H26N2O4. The van der Waals surface area contributed by atoms with Crippen LogP contribution >= 0.6 is 0 Å². The molecule has 2 N–H and O–H groups in total. The maximum absolute atomic E-state index is 12.2. The molecule has 2 rings (SSSR count). The summed E-state index contributed by atoms with van der Waals surface area (Å²) >= 11 is 0. The first-order valence-electron chi connectivity index (χ1n) is 7.69. The Morgan fingerprint density at radius 1 is 1.14 bits per heavy atom. The summed E-state index contributed by atoms with van der Waals surface area (Å²) in [5, 5.41) is 12.3. The largest absolute Gasteiger partial charge is 0.481 e. The Labute approximate surface area is 125 Å². The van der Waals surface area contributed by atoms with Crippen LogP contribution in [0.3, 0.4) is 0 Å². The fourth-order valence-electron chi connectivity index (χ4n) is 2.90. The summed E-state index contributed by atoms with van der Waals surface area (Å²) in [5.74, 6) is -0.842. The number of urea groups is 1. The molecule has 0 bridgehead atoms. The number of amides is 2. The Morgan fingerprint density at radius 2 is 1.71 bits per heavy atom. The highest BCUT2D eigenvalue weighted by atomic mass is 16.5. The second kappa shape index (κ2) is 6.22. The lowest BCUT2D eigenvalue weighted by molar-refractivity contribution is -0.154. The van der Waals surface area contributed by atoms with Crippen LogP contribution in [0.5, 0.6) is 0 Å². The average molecular weight is 298 g/mol. The molecule has 0 atom stereocenters. The Kier molecular flexibility index (Phi) is 4.76. The lowest BCUT2D eigenvalue weighted by atomic mass is 9.80. The maximum atomic E-state index is 12.2. The molecule has 0 saturated carbocycles. The van der Waals surface area contributed by atoms with Gasteiger partial charge in [-0.25, -0.2) is 4.79 Å². The highest BCUT2D eigenvalue weighted by Crippen LogP contribution is 2.31. The zero-order valence-corrected chi connectivity index (χ0v) is 13.0. The molecule has 6 heteroatoms. The normalized spacial score (nSPS) is 24.4. The van der Waals surface area contributed by atoms with E-state index in [2.05, 4.69) is 19.2 Å². The third-order valence-electron chi connectivity index (χ3n) is 4.89. The van der Waals surface area contributed by atoms with Crippen LogP contribution in [-0.2, 0) is 9.53 Å². The summed E-state index contributed by atoms with van der Waals surface area (Å²) in [7, 11) is 0. The van der Waals surface area contributed by atoms with Crippen LogP contribution in [0, 0.1) is 10.8 Å². The first-order valence-corrected chi connectivity index (χ1v) is 7.69. The van der Waals surface area contributed by atoms with Crippen molar-refractivity contribution in [1.29, 1.82) is 0 Å². The predicted molar refractivity (Wildman–Crippen MR) is 78.1 cm³/mol. The van der Waals surface area contributed by atoms with E-state index in [9.17, 15) is 14.7 Å². The van der Waals surface area contributed by atoms with Gasteiger partial charge >= 0.3 is 12.0 Å². The molecule has 0 aromatic carbocycles. The zero-order valence-electron chi connectivity index (χ0n) is 13.0. The van der Waals surface area contributed by atoms with Gasteiger partial charge in [-0.1, -0.05) is 13.8 Å². The lowest BCUT2D eigenvalue weighted by Crippen LogP contribution is -2.51. The van der Waals surface area contributed by atoms with Crippen LogP contribution < -0.4 is 5.32 Å². The molecule has 2 saturated heterocycles. The molecule has 2 amide bonds. The van der Waals surface area contributed by atoms with Gasteiger partial charge in [0.2, 0.25) is 0 Å². The van der Waals surface area contributed by atoms with E-state index in [0.717, 1.165) is 25.9 Å². The summed E-state index contributed by atoms with van der Waals surface area (Å²) in [4.78, 5) is 25.5. The zero-order chi connectivity index (χ0) is 15.5. The number of ether oxygens (including phenoxy) is 1. The van der Waals surface area contributed by atoms with E-state index in [1.54, 1.807) is 4.90 Å². The van der Waals surface area contributed by atoms with Crippen molar-refractivity contribution < 1.29 is 19.4 Å². The Hall–Kier alpha value is -1.30. The van der Waals surface area contributed by atoms with Gasteiger partial charge in [0.1, 0.15) is 0 Å². The molecule has 2 heterocycles. The summed E-state index contributed by atoms with van der Waals surface area (Å²) in [5.41, 5.74) is -0.581. The van der Waals surface area contributed by atoms with E-state index in [0.29, 0.717) is 31.5 Å². The number of carboxylic acids is 1. The molecule has 0 aromatic rings. The van der Waals surface area contributed by atoms with Crippen LogP contribution in [0.2, 0.25) is 0 Å². The van der Waals surface area contributed by atoms with Crippen molar-refractivity contribution in [2.45, 2.75) is 39.5 Å². The number of carboxylic acid groups (broad SMARTS) is 1. The second-order valence-electron chi connectivity index (χ2n) is 7.01. The maximum Gasteiger partial charge on any atom is 0.317 e. The molecule has 0 aliphatic carbocycles. The number of nitrogens with zero attached hydrogens (tertiary/aromatic N) is 1. The first-order chi connectivity index (χ1) is 9.85. The quantitative estimate of drug-likeness (QED) is 0.831. The topological polar surface area (TPSA) is 78.9 Å². The number of rotatable bonds is 3. The van der Waals surface area contributed by atoms with E-state index in [-0.39, 0.29) is 12.6 Å². The van der Waals surface area contributed by atoms with Crippen molar-refractivity contribution >= 4 is 12.0 Å². The minimum Gasteiger partial charge on any atom is -0.481 e. The number of carbonyl (C=O) groups is 2. The SMILES string of the molecule is CC1(C)CCN(C(=O)NCC2(C(=O)O)CCOCC2)CC1. The van der Waals surface area contributed by atoms with Gasteiger partial charge in [-0.2, -0.15) is 0 Å². The van der Waals surface area contributed by atoms with Crippen molar-refractivity contribution in [1.82, 2.24) is 10.2 Å². The standard InChI is InChI=1S/C15H26N2O4/c1-14(2)3-7-17(8-4-14)13(20)16-11-15(12(18)19)5-9-21-10-6-15/h3-11H2,1-2H3,(H,16,20)(H,18,19). The summed E-state index contributed by atoms with van der Waals surface area (Å²) < 4.78 is 5.23. The fourth-order valence-corrected chi connectivity index (χ4v) is 2.90. The van der Waals surface area contributed by atoms with Gasteiger partial charge in [0.05, 0.1) is 5.41 Å². The van der Waals surface area contributed by atoms with Gasteiger partial charge in [-0.05, 0) is 31.1 Å². The number of carbonyl (C=O) groups excluding carboxylic acids is 1. The summed E-state index contributed by atoms with van der Waals surface area (Å²) in [6, 6.07) is -0.141. The third kappa shape index (κ3) is 3.87. The number of piperidine rings is 1. The first kappa shape index (κ1) is 16.1. The molecule has 0 spiro atoms. The lowest BCUT2D eigenvalue weighted by Gasteiger charge is -2.38. The fraction of sp³-hybridized carbons (Fsp3) is 0.867. The van der Waals surface area contributed by atoms with E-state index < -0.39 is 11.4 Å². The van der Waals surface area contributed by atoms with E-state index >= 15 is 0 Å². The minimum atomic E-state index is -0.872. The molecule has 0 radical (unpaired) electrons. The molecule has 2 aliphatic rings. The van der Waals surface area contributed by atoms with Gasteiger partial charge in [-0.15, -0.1) is 0 Å². The van der Waals surface area contributed by atoms with Crippen LogP contribution in [0.1, 0.15) is 39.5 Å². The molecule has 6 nitrogen and oxygen atoms in total. The minimum absolute atomic E-state index is 0.141. The van der Waals surface area contributed by atoms with Gasteiger partial charge in [0, 0.05) is 32.8 Å². The molecule has 120 valence electrons. The molecular weight excluding hydrogens is 272 g/mol. The van der Waals surface area contributed by atoms with Crippen LogP contribution in [-0.4, -0.2) is 54.9 Å². The van der Waals surface area contributed by atoms with Crippen molar-refractivity contribution in [3.8, 4) is 0 Å². The van der Waals surface area contributed by atoms with Crippen molar-refractivity contribution in [3.63, 3.8) is 0 Å². The van der Waals surface area contributed by atoms with Gasteiger partial charge in [-0.3, -0.25) is 4.79 Å². The number of likely N-dealkylation sites (tertiary alicyclic amines) is 1. The summed E-state index contributed by atoms with van der Waals surface area (Å²) in [6.07, 6.45) is 2.88. The molecule has 0 aromatic heterocycles. The van der Waals surface area contributed by atoms with E-state index in [4.69, 9.17) is 4.74 Å². The number of hydrogen-bond donors (Lipinski definition) is 2. The van der Waals surface area contributed by atoms with Gasteiger partial charge < -0.3 is 20.1 Å². The second-order valence-corrected chi connectivity index (χ2v) is 7.01. The Morgan fingerprint density at radius 3 is 2.24 bits per heavy atom. The highest BCUT2D eigenvalue weighted by Gasteiger charge is 2.41. The smallest absolute Gasteiger partial charge is 0.317 e. The predicted octanol–water partition coefficient (Wildman–Crippen LogP) is 1.70. The highest BCUT2D eigenvalue weighted by molar-refractivity contribution is 5.78. The number of hydrogen-bond acceptors (Lipinski definition) is 3. The summed E-state index contributed by atoms with van der Waals surface area (Å²) in [6.45, 7) is 6.97. The van der Waals surface area contributed by atoms with E-state index in [1.807, 2.05) is 0 Å². The number of aliphatic carboxylic acids is 1. The van der Waals surface area contributed by atoms with Crippen LogP contribution in [0.4, 0.5) is 4.79 Å².